The van der Waals surface area contributed by atoms with Crippen molar-refractivity contribution < 1.29 is 4.74 Å². The second kappa shape index (κ2) is 19.7. The van der Waals surface area contributed by atoms with E-state index < -0.39 is 0 Å². The van der Waals surface area contributed by atoms with Crippen LogP contribution in [0.3, 0.4) is 0 Å². The van der Waals surface area contributed by atoms with Crippen molar-refractivity contribution in [1.29, 1.82) is 0 Å². The lowest BCUT2D eigenvalue weighted by atomic mass is 9.95. The molecule has 0 fully saturated rings. The van der Waals surface area contributed by atoms with Crippen LogP contribution in [0.25, 0.3) is 0 Å². The minimum atomic E-state index is 0.0465. The Hall–Kier alpha value is -3.74. The molecule has 0 saturated carbocycles. The number of aryl methyl sites for hydroxylation is 2. The highest BCUT2D eigenvalue weighted by Gasteiger charge is 2.17. The predicted molar refractivity (Wildman–Crippen MR) is 193 cm³/mol. The third-order valence-electron chi connectivity index (χ3n) is 6.70. The van der Waals surface area contributed by atoms with E-state index in [-0.39, 0.29) is 11.5 Å². The number of aromatic nitrogens is 6. The van der Waals surface area contributed by atoms with Crippen LogP contribution in [-0.4, -0.2) is 36.0 Å². The Morgan fingerprint density at radius 3 is 1.50 bits per heavy atom. The highest BCUT2D eigenvalue weighted by Crippen LogP contribution is 2.20. The SMILES string of the molecule is CC(C)Oc1ccc(C(C)C)cn1.CC(C)c1ccnc(C(C)(C)C)n1.Cc1cc(C(C)C)ccn1.Cc1nccc(C(C)C)n1. The number of hydrogen-bond donors (Lipinski definition) is 0. The van der Waals surface area contributed by atoms with E-state index in [2.05, 4.69) is 124 Å². The van der Waals surface area contributed by atoms with E-state index in [0.29, 0.717) is 29.6 Å². The zero-order chi connectivity index (χ0) is 35.0. The first kappa shape index (κ1) is 40.3. The second-order valence-electron chi connectivity index (χ2n) is 14.0. The molecule has 4 rings (SSSR count). The van der Waals surface area contributed by atoms with E-state index in [1.165, 1.54) is 11.1 Å². The van der Waals surface area contributed by atoms with Crippen molar-refractivity contribution >= 4 is 0 Å². The molecule has 0 amide bonds. The smallest absolute Gasteiger partial charge is 0.213 e. The van der Waals surface area contributed by atoms with Gasteiger partial charge in [-0.15, -0.1) is 0 Å². The van der Waals surface area contributed by atoms with Gasteiger partial charge in [-0.3, -0.25) is 4.98 Å². The van der Waals surface area contributed by atoms with Gasteiger partial charge in [0, 0.05) is 53.4 Å². The summed E-state index contributed by atoms with van der Waals surface area (Å²) < 4.78 is 5.44. The summed E-state index contributed by atoms with van der Waals surface area (Å²) in [5.74, 6) is 4.61. The Balaban J connectivity index is 0.000000309. The maximum absolute atomic E-state index is 5.44. The molecular formula is C39H60N6O. The Labute approximate surface area is 280 Å². The van der Waals surface area contributed by atoms with Gasteiger partial charge in [0.05, 0.1) is 6.10 Å². The molecule has 0 aromatic carbocycles. The molecule has 4 aromatic rings. The molecule has 4 heterocycles. The topological polar surface area (TPSA) is 86.6 Å². The van der Waals surface area contributed by atoms with Gasteiger partial charge in [-0.25, -0.2) is 24.9 Å². The summed E-state index contributed by atoms with van der Waals surface area (Å²) in [5, 5.41) is 0. The average Bonchev–Trinajstić information content (AvgIpc) is 2.98. The number of ether oxygens (including phenoxy) is 1. The number of rotatable bonds is 6. The third-order valence-corrected chi connectivity index (χ3v) is 6.70. The predicted octanol–water partition coefficient (Wildman–Crippen LogP) is 10.3. The molecule has 0 N–H and O–H groups in total. The van der Waals surface area contributed by atoms with Gasteiger partial charge < -0.3 is 4.74 Å². The molecule has 0 unspecified atom stereocenters. The number of pyridine rings is 2. The van der Waals surface area contributed by atoms with Crippen LogP contribution in [-0.2, 0) is 5.41 Å². The van der Waals surface area contributed by atoms with Crippen molar-refractivity contribution in [3.05, 3.63) is 101 Å². The van der Waals surface area contributed by atoms with Crippen molar-refractivity contribution in [1.82, 2.24) is 29.9 Å². The van der Waals surface area contributed by atoms with Crippen molar-refractivity contribution in [3.63, 3.8) is 0 Å². The molecule has 4 aromatic heterocycles. The first-order valence-electron chi connectivity index (χ1n) is 16.6. The molecule has 7 nitrogen and oxygen atoms in total. The Morgan fingerprint density at radius 1 is 0.565 bits per heavy atom. The normalized spacial score (nSPS) is 11.0. The lowest BCUT2D eigenvalue weighted by Gasteiger charge is -2.17. The lowest BCUT2D eigenvalue weighted by Crippen LogP contribution is -2.16. The van der Waals surface area contributed by atoms with Gasteiger partial charge in [-0.1, -0.05) is 82.2 Å². The lowest BCUT2D eigenvalue weighted by molar-refractivity contribution is 0.232. The summed E-state index contributed by atoms with van der Waals surface area (Å²) in [5.41, 5.74) is 6.01. The van der Waals surface area contributed by atoms with E-state index in [0.717, 1.165) is 28.7 Å². The Bertz CT molecular complexity index is 1360. The van der Waals surface area contributed by atoms with E-state index >= 15 is 0 Å². The van der Waals surface area contributed by atoms with E-state index in [1.54, 1.807) is 6.20 Å². The molecule has 0 bridgehead atoms. The number of nitrogens with zero attached hydrogens (tertiary/aromatic N) is 6. The molecule has 0 saturated heterocycles. The van der Waals surface area contributed by atoms with Crippen molar-refractivity contribution in [2.75, 3.05) is 0 Å². The van der Waals surface area contributed by atoms with Gasteiger partial charge in [-0.2, -0.15) is 0 Å². The molecule has 0 aliphatic rings. The average molecular weight is 629 g/mol. The first-order chi connectivity index (χ1) is 21.4. The maximum atomic E-state index is 5.44. The quantitative estimate of drug-likeness (QED) is 0.210. The van der Waals surface area contributed by atoms with Crippen molar-refractivity contribution in [2.45, 2.75) is 139 Å². The van der Waals surface area contributed by atoms with Crippen LogP contribution in [0.15, 0.2) is 61.2 Å². The van der Waals surface area contributed by atoms with Gasteiger partial charge in [0.1, 0.15) is 11.6 Å². The molecule has 0 radical (unpaired) electrons. The van der Waals surface area contributed by atoms with Crippen LogP contribution in [0.1, 0.15) is 154 Å². The molecule has 252 valence electrons. The highest BCUT2D eigenvalue weighted by atomic mass is 16.5. The van der Waals surface area contributed by atoms with Gasteiger partial charge in [0.25, 0.3) is 0 Å². The molecule has 0 aliphatic heterocycles. The van der Waals surface area contributed by atoms with Crippen LogP contribution in [0.4, 0.5) is 0 Å². The van der Waals surface area contributed by atoms with Gasteiger partial charge in [-0.05, 0) is 86.8 Å². The van der Waals surface area contributed by atoms with Crippen molar-refractivity contribution in [2.24, 2.45) is 0 Å². The summed E-state index contributed by atoms with van der Waals surface area (Å²) in [7, 11) is 0. The zero-order valence-corrected chi connectivity index (χ0v) is 31.3. The Morgan fingerprint density at radius 2 is 1.11 bits per heavy atom. The highest BCUT2D eigenvalue weighted by molar-refractivity contribution is 5.20. The van der Waals surface area contributed by atoms with Crippen LogP contribution >= 0.6 is 0 Å². The molecule has 0 spiro atoms. The minimum Gasteiger partial charge on any atom is -0.475 e. The van der Waals surface area contributed by atoms with Crippen LogP contribution in [0, 0.1) is 13.8 Å². The first-order valence-corrected chi connectivity index (χ1v) is 16.6. The summed E-state index contributed by atoms with van der Waals surface area (Å²) >= 11 is 0. The maximum Gasteiger partial charge on any atom is 0.213 e. The summed E-state index contributed by atoms with van der Waals surface area (Å²) in [6.07, 6.45) is 7.59. The second-order valence-corrected chi connectivity index (χ2v) is 14.0. The largest absolute Gasteiger partial charge is 0.475 e. The molecule has 7 heteroatoms. The molecule has 46 heavy (non-hydrogen) atoms. The Kier molecular flexibility index (Phi) is 17.3. The van der Waals surface area contributed by atoms with Crippen LogP contribution < -0.4 is 4.74 Å². The van der Waals surface area contributed by atoms with E-state index in [1.807, 2.05) is 64.5 Å². The fraction of sp³-hybridized carbons (Fsp3) is 0.538. The summed E-state index contributed by atoms with van der Waals surface area (Å²) in [6.45, 7) is 31.6. The van der Waals surface area contributed by atoms with Gasteiger partial charge in [0.2, 0.25) is 5.88 Å². The molecule has 0 atom stereocenters. The van der Waals surface area contributed by atoms with E-state index in [4.69, 9.17) is 4.74 Å². The number of hydrogen-bond acceptors (Lipinski definition) is 7. The summed E-state index contributed by atoms with van der Waals surface area (Å²) in [6, 6.07) is 12.1. The monoisotopic (exact) mass is 628 g/mol. The third kappa shape index (κ3) is 16.0. The fourth-order valence-electron chi connectivity index (χ4n) is 3.82. The van der Waals surface area contributed by atoms with Gasteiger partial charge in [0.15, 0.2) is 0 Å². The zero-order valence-electron chi connectivity index (χ0n) is 31.3. The fourth-order valence-corrected chi connectivity index (χ4v) is 3.82. The van der Waals surface area contributed by atoms with E-state index in [9.17, 15) is 0 Å². The molecular weight excluding hydrogens is 568 g/mol. The van der Waals surface area contributed by atoms with Gasteiger partial charge >= 0.3 is 0 Å². The van der Waals surface area contributed by atoms with Crippen LogP contribution in [0.2, 0.25) is 0 Å². The minimum absolute atomic E-state index is 0.0465. The standard InChI is InChI=1S/C11H18N2.C11H17NO.C9H13N.C8H12N2/c1-8(2)9-6-7-12-10(13-9)11(3,4)5;1-8(2)10-5-6-11(12-7-10)13-9(3)4;1-7(2)9-4-5-10-8(3)6-9;1-6(2)8-4-5-9-7(3)10-8/h6-8H,1-5H3;5-9H,1-4H3;4-7H,1-3H3;4-6H,1-3H3. The molecule has 0 aliphatic carbocycles. The van der Waals surface area contributed by atoms with Crippen molar-refractivity contribution in [3.8, 4) is 5.88 Å². The summed E-state index contributed by atoms with van der Waals surface area (Å²) in [4.78, 5) is 25.4. The van der Waals surface area contributed by atoms with Crippen LogP contribution in [0.5, 0.6) is 5.88 Å².